The van der Waals surface area contributed by atoms with Crippen molar-refractivity contribution in [2.45, 2.75) is 25.3 Å². The van der Waals surface area contributed by atoms with Crippen LogP contribution >= 0.6 is 11.6 Å². The zero-order valence-corrected chi connectivity index (χ0v) is 18.2. The number of fused-ring (bicyclic) bond motifs is 2. The first kappa shape index (κ1) is 22.8. The molecule has 33 heavy (non-hydrogen) atoms. The molecular formula is C21H22ClFN6O4. The Morgan fingerprint density at radius 3 is 2.85 bits per heavy atom. The van der Waals surface area contributed by atoms with Crippen LogP contribution < -0.4 is 16.4 Å². The van der Waals surface area contributed by atoms with Crippen LogP contribution in [-0.4, -0.2) is 39.3 Å². The van der Waals surface area contributed by atoms with Crippen molar-refractivity contribution in [3.63, 3.8) is 0 Å². The minimum absolute atomic E-state index is 0.0126. The molecule has 0 aliphatic heterocycles. The number of halogens is 2. The molecule has 174 valence electrons. The Bertz CT molecular complexity index is 1100. The van der Waals surface area contributed by atoms with Crippen LogP contribution in [0.1, 0.15) is 18.4 Å². The number of hydrogen-bond donors (Lipinski definition) is 3. The predicted molar refractivity (Wildman–Crippen MR) is 117 cm³/mol. The number of nitro groups is 1. The maximum Gasteiger partial charge on any atom is 0.269 e. The fourth-order valence-corrected chi connectivity index (χ4v) is 5.35. The lowest BCUT2D eigenvalue weighted by atomic mass is 9.77. The van der Waals surface area contributed by atoms with Crippen LogP contribution in [0.25, 0.3) is 0 Å². The first-order valence-corrected chi connectivity index (χ1v) is 10.8. The van der Waals surface area contributed by atoms with E-state index in [9.17, 15) is 24.1 Å². The van der Waals surface area contributed by atoms with Crippen molar-refractivity contribution in [1.82, 2.24) is 15.3 Å². The van der Waals surface area contributed by atoms with Crippen molar-refractivity contribution in [2.75, 3.05) is 11.9 Å². The third kappa shape index (κ3) is 4.87. The maximum absolute atomic E-state index is 14.2. The van der Waals surface area contributed by atoms with Gasteiger partial charge in [-0.15, -0.1) is 0 Å². The summed E-state index contributed by atoms with van der Waals surface area (Å²) in [7, 11) is 0. The highest BCUT2D eigenvalue weighted by Crippen LogP contribution is 2.52. The van der Waals surface area contributed by atoms with Gasteiger partial charge in [0.05, 0.1) is 23.5 Å². The van der Waals surface area contributed by atoms with E-state index in [4.69, 9.17) is 17.3 Å². The molecule has 0 spiro atoms. The van der Waals surface area contributed by atoms with Gasteiger partial charge >= 0.3 is 0 Å². The molecule has 1 aromatic carbocycles. The number of non-ortho nitro benzene ring substituents is 1. The van der Waals surface area contributed by atoms with Crippen LogP contribution in [0, 0.1) is 39.6 Å². The topological polar surface area (TPSA) is 153 Å². The lowest BCUT2D eigenvalue weighted by Crippen LogP contribution is -2.47. The number of amides is 2. The van der Waals surface area contributed by atoms with Gasteiger partial charge in [-0.05, 0) is 47.8 Å². The van der Waals surface area contributed by atoms with Crippen LogP contribution in [0.15, 0.2) is 30.5 Å². The number of nitrogens with zero attached hydrogens (tertiary/aromatic N) is 3. The number of carbonyl (C=O) groups is 2. The van der Waals surface area contributed by atoms with Crippen molar-refractivity contribution in [1.29, 1.82) is 0 Å². The summed E-state index contributed by atoms with van der Waals surface area (Å²) in [5.74, 6) is -1.95. The number of hydrogen-bond acceptors (Lipinski definition) is 7. The van der Waals surface area contributed by atoms with Crippen molar-refractivity contribution in [2.24, 2.45) is 29.4 Å². The molecule has 1 heterocycles. The normalized spacial score (nSPS) is 25.6. The number of nitrogens with two attached hydrogens (primary N) is 1. The summed E-state index contributed by atoms with van der Waals surface area (Å²) in [6.45, 7) is 0.367. The summed E-state index contributed by atoms with van der Waals surface area (Å²) in [6.07, 6.45) is 2.40. The number of carbonyl (C=O) groups excluding carboxylic acids is 2. The molecule has 5 atom stereocenters. The van der Waals surface area contributed by atoms with Gasteiger partial charge in [0.15, 0.2) is 11.6 Å². The Hall–Kier alpha value is -3.34. The number of rotatable bonds is 8. The fourth-order valence-electron chi connectivity index (χ4n) is 5.21. The van der Waals surface area contributed by atoms with E-state index in [0.29, 0.717) is 18.5 Å². The third-order valence-corrected chi connectivity index (χ3v) is 6.72. The van der Waals surface area contributed by atoms with E-state index >= 15 is 0 Å². The van der Waals surface area contributed by atoms with Crippen LogP contribution in [0.2, 0.25) is 5.28 Å². The molecule has 2 saturated carbocycles. The minimum Gasteiger partial charge on any atom is -0.369 e. The Labute approximate surface area is 193 Å². The second-order valence-corrected chi connectivity index (χ2v) is 8.84. The Kier molecular flexibility index (Phi) is 6.41. The van der Waals surface area contributed by atoms with Crippen LogP contribution in [0.3, 0.4) is 0 Å². The molecule has 1 aromatic heterocycles. The molecule has 0 radical (unpaired) electrons. The van der Waals surface area contributed by atoms with Gasteiger partial charge in [0.2, 0.25) is 17.1 Å². The molecule has 2 aliphatic rings. The van der Waals surface area contributed by atoms with E-state index in [2.05, 4.69) is 20.6 Å². The van der Waals surface area contributed by atoms with E-state index in [1.54, 1.807) is 6.07 Å². The second-order valence-electron chi connectivity index (χ2n) is 8.50. The van der Waals surface area contributed by atoms with Gasteiger partial charge in [-0.1, -0.05) is 12.1 Å². The number of nitrogens with one attached hydrogen (secondary N) is 2. The molecular weight excluding hydrogens is 455 g/mol. The second kappa shape index (κ2) is 9.26. The summed E-state index contributed by atoms with van der Waals surface area (Å²) in [5, 5.41) is 16.7. The highest BCUT2D eigenvalue weighted by Gasteiger charge is 2.54. The maximum atomic E-state index is 14.2. The molecule has 2 fully saturated rings. The third-order valence-electron chi connectivity index (χ3n) is 6.54. The summed E-state index contributed by atoms with van der Waals surface area (Å²) in [4.78, 5) is 42.4. The van der Waals surface area contributed by atoms with Crippen LogP contribution in [0.5, 0.6) is 0 Å². The van der Waals surface area contributed by atoms with Gasteiger partial charge in [-0.2, -0.15) is 4.98 Å². The van der Waals surface area contributed by atoms with E-state index < -0.39 is 28.6 Å². The lowest BCUT2D eigenvalue weighted by Gasteiger charge is -2.35. The first-order valence-electron chi connectivity index (χ1n) is 10.5. The molecule has 2 aliphatic carbocycles. The Morgan fingerprint density at radius 2 is 2.12 bits per heavy atom. The van der Waals surface area contributed by atoms with Gasteiger partial charge in [-0.25, -0.2) is 9.37 Å². The van der Waals surface area contributed by atoms with E-state index in [0.717, 1.165) is 12.6 Å². The average Bonchev–Trinajstić information content (AvgIpc) is 3.33. The minimum atomic E-state index is -0.688. The van der Waals surface area contributed by atoms with Crippen molar-refractivity contribution >= 4 is 34.9 Å². The molecule has 10 nitrogen and oxygen atoms in total. The van der Waals surface area contributed by atoms with Gasteiger partial charge in [-0.3, -0.25) is 19.7 Å². The number of primary amides is 1. The Balaban J connectivity index is 1.41. The number of anilines is 1. The van der Waals surface area contributed by atoms with Gasteiger partial charge in [0.1, 0.15) is 0 Å². The number of benzene rings is 1. The van der Waals surface area contributed by atoms with E-state index in [1.165, 1.54) is 18.2 Å². The van der Waals surface area contributed by atoms with E-state index in [-0.39, 0.29) is 46.9 Å². The van der Waals surface area contributed by atoms with Crippen LogP contribution in [0.4, 0.5) is 15.9 Å². The monoisotopic (exact) mass is 476 g/mol. The molecule has 4 N–H and O–H groups in total. The molecule has 12 heteroatoms. The number of nitro benzene ring substituents is 1. The summed E-state index contributed by atoms with van der Waals surface area (Å²) in [5.41, 5.74) is 6.10. The van der Waals surface area contributed by atoms with Crippen molar-refractivity contribution in [3.8, 4) is 0 Å². The quantitative estimate of drug-likeness (QED) is 0.299. The Morgan fingerprint density at radius 1 is 1.33 bits per heavy atom. The van der Waals surface area contributed by atoms with E-state index in [1.807, 2.05) is 0 Å². The largest absolute Gasteiger partial charge is 0.369 e. The summed E-state index contributed by atoms with van der Waals surface area (Å²) in [6, 6.07) is 5.49. The highest BCUT2D eigenvalue weighted by molar-refractivity contribution is 6.28. The average molecular weight is 477 g/mol. The SMILES string of the molecule is NC(=O)C1C2CC(CNC(=O)Cc3cccc([N+](=O)[O-])c3)[C@@H](C2)C1Nc1nc(Cl)ncc1F. The molecule has 2 bridgehead atoms. The molecule has 2 aromatic rings. The van der Waals surface area contributed by atoms with Crippen molar-refractivity contribution in [3.05, 3.63) is 57.2 Å². The lowest BCUT2D eigenvalue weighted by molar-refractivity contribution is -0.384. The standard InChI is InChI=1S/C21H22ClFN6O4/c22-21-26-9-15(23)20(28-21)27-18-14-7-11(17(18)19(24)31)6-12(14)8-25-16(30)5-10-2-1-3-13(4-10)29(32)33/h1-4,9,11-12,14,17-18H,5-8H2,(H2,24,31)(H,25,30)(H,26,27,28)/t11?,12?,14-,17?,18?/m1/s1. The zero-order valence-electron chi connectivity index (χ0n) is 17.4. The molecule has 0 saturated heterocycles. The fraction of sp³-hybridized carbons (Fsp3) is 0.429. The highest BCUT2D eigenvalue weighted by atomic mass is 35.5. The van der Waals surface area contributed by atoms with Crippen LogP contribution in [-0.2, 0) is 16.0 Å². The first-order chi connectivity index (χ1) is 15.7. The summed E-state index contributed by atoms with van der Waals surface area (Å²) >= 11 is 5.78. The van der Waals surface area contributed by atoms with Crippen molar-refractivity contribution < 1.29 is 18.9 Å². The summed E-state index contributed by atoms with van der Waals surface area (Å²) < 4.78 is 14.2. The predicted octanol–water partition coefficient (Wildman–Crippen LogP) is 2.07. The smallest absolute Gasteiger partial charge is 0.269 e. The molecule has 4 rings (SSSR count). The molecule has 4 unspecified atom stereocenters. The number of aromatic nitrogens is 2. The molecule has 2 amide bonds. The van der Waals surface area contributed by atoms with Gasteiger partial charge in [0, 0.05) is 24.7 Å². The zero-order chi connectivity index (χ0) is 23.7. The van der Waals surface area contributed by atoms with Gasteiger partial charge in [0.25, 0.3) is 5.69 Å². The van der Waals surface area contributed by atoms with Gasteiger partial charge < -0.3 is 16.4 Å².